The number of nitrogens with zero attached hydrogens (tertiary/aromatic N) is 4. The fraction of sp³-hybridized carbons (Fsp3) is 0.346. The third-order valence-corrected chi connectivity index (χ3v) is 6.51. The first-order valence-electron chi connectivity index (χ1n) is 11.3. The van der Waals surface area contributed by atoms with Gasteiger partial charge in [-0.25, -0.2) is 4.98 Å². The highest BCUT2D eigenvalue weighted by atomic mass is 16.5. The predicted molar refractivity (Wildman–Crippen MR) is 126 cm³/mol. The number of morpholine rings is 1. The van der Waals surface area contributed by atoms with E-state index in [0.29, 0.717) is 42.8 Å². The van der Waals surface area contributed by atoms with Gasteiger partial charge in [0.15, 0.2) is 0 Å². The molecule has 1 aliphatic heterocycles. The largest absolute Gasteiger partial charge is 0.438 e. The second-order valence-electron chi connectivity index (χ2n) is 8.70. The molecule has 2 fully saturated rings. The molecular formula is C26H27N5O2. The number of hydrogen-bond donors (Lipinski definition) is 1. The van der Waals surface area contributed by atoms with Gasteiger partial charge in [0, 0.05) is 36.7 Å². The van der Waals surface area contributed by atoms with Crippen LogP contribution in [0.1, 0.15) is 29.8 Å². The summed E-state index contributed by atoms with van der Waals surface area (Å²) in [5.74, 6) is 2.50. The maximum absolute atomic E-state index is 9.45. The van der Waals surface area contributed by atoms with Gasteiger partial charge in [-0.2, -0.15) is 10.2 Å². The summed E-state index contributed by atoms with van der Waals surface area (Å²) in [6, 6.07) is 18.1. The number of benzene rings is 2. The summed E-state index contributed by atoms with van der Waals surface area (Å²) < 4.78 is 11.7. The quantitative estimate of drug-likeness (QED) is 0.619. The van der Waals surface area contributed by atoms with Crippen LogP contribution in [-0.2, 0) is 10.2 Å². The Morgan fingerprint density at radius 1 is 1.09 bits per heavy atom. The van der Waals surface area contributed by atoms with Crippen LogP contribution in [0.3, 0.4) is 0 Å². The molecule has 1 saturated carbocycles. The molecule has 0 atom stereocenters. The van der Waals surface area contributed by atoms with E-state index in [1.165, 1.54) is 5.56 Å². The Bertz CT molecular complexity index is 1190. The Labute approximate surface area is 193 Å². The molecule has 1 aliphatic carbocycles. The minimum atomic E-state index is 0.150. The molecule has 2 N–H and O–H groups in total. The molecule has 1 aromatic heterocycles. The van der Waals surface area contributed by atoms with Crippen LogP contribution in [0.5, 0.6) is 11.6 Å². The van der Waals surface area contributed by atoms with E-state index in [1.807, 2.05) is 25.1 Å². The van der Waals surface area contributed by atoms with E-state index in [9.17, 15) is 5.26 Å². The molecule has 33 heavy (non-hydrogen) atoms. The van der Waals surface area contributed by atoms with Crippen molar-refractivity contribution in [2.75, 3.05) is 37.7 Å². The van der Waals surface area contributed by atoms with Crippen LogP contribution in [0, 0.1) is 18.3 Å². The molecule has 7 heteroatoms. The van der Waals surface area contributed by atoms with Gasteiger partial charge in [-0.15, -0.1) is 0 Å². The number of rotatable bonds is 6. The smallest absolute Gasteiger partial charge is 0.224 e. The first-order valence-corrected chi connectivity index (χ1v) is 11.3. The second kappa shape index (κ2) is 8.81. The fourth-order valence-electron chi connectivity index (χ4n) is 4.32. The average Bonchev–Trinajstić information content (AvgIpc) is 3.66. The van der Waals surface area contributed by atoms with Crippen LogP contribution in [0.15, 0.2) is 48.5 Å². The van der Waals surface area contributed by atoms with E-state index < -0.39 is 0 Å². The van der Waals surface area contributed by atoms with Crippen molar-refractivity contribution in [2.45, 2.75) is 25.2 Å². The highest BCUT2D eigenvalue weighted by molar-refractivity contribution is 5.72. The number of anilines is 1. The molecular weight excluding hydrogens is 414 g/mol. The maximum Gasteiger partial charge on any atom is 0.224 e. The van der Waals surface area contributed by atoms with Crippen LogP contribution >= 0.6 is 0 Å². The van der Waals surface area contributed by atoms with Crippen molar-refractivity contribution in [1.29, 1.82) is 5.26 Å². The minimum absolute atomic E-state index is 0.150. The Hall–Kier alpha value is -3.47. The van der Waals surface area contributed by atoms with E-state index in [-0.39, 0.29) is 5.41 Å². The van der Waals surface area contributed by atoms with E-state index in [0.717, 1.165) is 42.9 Å². The summed E-state index contributed by atoms with van der Waals surface area (Å²) in [4.78, 5) is 11.2. The molecule has 5 rings (SSSR count). The second-order valence-corrected chi connectivity index (χ2v) is 8.70. The number of ether oxygens (including phenoxy) is 2. The normalized spacial score (nSPS) is 16.8. The monoisotopic (exact) mass is 441 g/mol. The average molecular weight is 442 g/mol. The third-order valence-electron chi connectivity index (χ3n) is 6.51. The summed E-state index contributed by atoms with van der Waals surface area (Å²) in [7, 11) is 0. The van der Waals surface area contributed by atoms with E-state index >= 15 is 0 Å². The van der Waals surface area contributed by atoms with Crippen LogP contribution in [0.25, 0.3) is 11.1 Å². The highest BCUT2D eigenvalue weighted by Gasteiger charge is 2.42. The van der Waals surface area contributed by atoms with Crippen molar-refractivity contribution in [3.05, 3.63) is 65.5 Å². The molecule has 7 nitrogen and oxygen atoms in total. The van der Waals surface area contributed by atoms with Gasteiger partial charge >= 0.3 is 0 Å². The number of nitriles is 1. The van der Waals surface area contributed by atoms with Gasteiger partial charge in [0.1, 0.15) is 17.4 Å². The van der Waals surface area contributed by atoms with Crippen molar-refractivity contribution in [2.24, 2.45) is 5.73 Å². The van der Waals surface area contributed by atoms with E-state index in [4.69, 9.17) is 15.2 Å². The Morgan fingerprint density at radius 2 is 1.85 bits per heavy atom. The van der Waals surface area contributed by atoms with Gasteiger partial charge < -0.3 is 20.1 Å². The van der Waals surface area contributed by atoms with Gasteiger partial charge in [-0.1, -0.05) is 24.3 Å². The van der Waals surface area contributed by atoms with Gasteiger partial charge in [0.25, 0.3) is 0 Å². The number of hydrogen-bond acceptors (Lipinski definition) is 7. The van der Waals surface area contributed by atoms with Crippen molar-refractivity contribution in [3.63, 3.8) is 0 Å². The van der Waals surface area contributed by atoms with E-state index in [1.54, 1.807) is 6.07 Å². The van der Waals surface area contributed by atoms with Crippen LogP contribution in [0.4, 0.5) is 5.82 Å². The fourth-order valence-corrected chi connectivity index (χ4v) is 4.32. The summed E-state index contributed by atoms with van der Waals surface area (Å²) >= 11 is 0. The zero-order valence-electron chi connectivity index (χ0n) is 18.8. The maximum atomic E-state index is 9.45. The molecule has 1 saturated heterocycles. The molecule has 2 aromatic carbocycles. The SMILES string of the molecule is Cc1nc(Oc2cc(C#N)ccc2-c2ccc(C3(CN)CC3)cc2)cc(N2CCOCC2)n1. The summed E-state index contributed by atoms with van der Waals surface area (Å²) in [6.45, 7) is 5.44. The Balaban J connectivity index is 1.47. The zero-order valence-corrected chi connectivity index (χ0v) is 18.8. The molecule has 3 aromatic rings. The van der Waals surface area contributed by atoms with Gasteiger partial charge in [-0.3, -0.25) is 0 Å². The topological polar surface area (TPSA) is 97.3 Å². The minimum Gasteiger partial charge on any atom is -0.438 e. The Morgan fingerprint density at radius 3 is 2.52 bits per heavy atom. The first kappa shape index (κ1) is 21.4. The lowest BCUT2D eigenvalue weighted by molar-refractivity contribution is 0.122. The molecule has 2 heterocycles. The standard InChI is InChI=1S/C26H27N5O2/c1-18-29-24(31-10-12-32-13-11-31)15-25(30-18)33-23-14-19(16-27)2-7-22(23)20-3-5-21(6-4-20)26(17-28)8-9-26/h2-7,14-15H,8-13,17,28H2,1H3. The Kier molecular flexibility index (Phi) is 5.71. The molecule has 0 unspecified atom stereocenters. The van der Waals surface area contributed by atoms with E-state index in [2.05, 4.69) is 45.2 Å². The predicted octanol–water partition coefficient (Wildman–Crippen LogP) is 3.94. The molecule has 168 valence electrons. The van der Waals surface area contributed by atoms with Crippen molar-refractivity contribution >= 4 is 5.82 Å². The van der Waals surface area contributed by atoms with Crippen LogP contribution in [0.2, 0.25) is 0 Å². The van der Waals surface area contributed by atoms with Gasteiger partial charge in [0.2, 0.25) is 5.88 Å². The van der Waals surface area contributed by atoms with Crippen molar-refractivity contribution in [1.82, 2.24) is 9.97 Å². The molecule has 0 bridgehead atoms. The lowest BCUT2D eigenvalue weighted by Gasteiger charge is -2.28. The summed E-state index contributed by atoms with van der Waals surface area (Å²) in [6.07, 6.45) is 2.29. The number of aromatic nitrogens is 2. The molecule has 0 amide bonds. The van der Waals surface area contributed by atoms with Crippen LogP contribution < -0.4 is 15.4 Å². The van der Waals surface area contributed by atoms with Crippen molar-refractivity contribution in [3.8, 4) is 28.8 Å². The number of aryl methyl sites for hydroxylation is 1. The van der Waals surface area contributed by atoms with Gasteiger partial charge in [0.05, 0.1) is 24.8 Å². The first-order chi connectivity index (χ1) is 16.1. The lowest BCUT2D eigenvalue weighted by atomic mass is 9.93. The molecule has 0 radical (unpaired) electrons. The summed E-state index contributed by atoms with van der Waals surface area (Å²) in [5, 5.41) is 9.45. The lowest BCUT2D eigenvalue weighted by Crippen LogP contribution is -2.36. The molecule has 2 aliphatic rings. The molecule has 0 spiro atoms. The van der Waals surface area contributed by atoms with Crippen LogP contribution in [-0.4, -0.2) is 42.8 Å². The van der Waals surface area contributed by atoms with Crippen molar-refractivity contribution < 1.29 is 9.47 Å². The third kappa shape index (κ3) is 4.40. The highest BCUT2D eigenvalue weighted by Crippen LogP contribution is 2.47. The zero-order chi connectivity index (χ0) is 22.8. The van der Waals surface area contributed by atoms with Gasteiger partial charge in [-0.05, 0) is 49.1 Å². The number of nitrogens with two attached hydrogens (primary N) is 1. The summed E-state index contributed by atoms with van der Waals surface area (Å²) in [5.41, 5.74) is 9.89.